The van der Waals surface area contributed by atoms with Gasteiger partial charge in [-0.1, -0.05) is 0 Å². The van der Waals surface area contributed by atoms with Gasteiger partial charge in [-0.25, -0.2) is 0 Å². The van der Waals surface area contributed by atoms with Crippen LogP contribution >= 0.6 is 0 Å². The van der Waals surface area contributed by atoms with Gasteiger partial charge in [0.1, 0.15) is 0 Å². The van der Waals surface area contributed by atoms with Crippen LogP contribution < -0.4 is 0 Å². The van der Waals surface area contributed by atoms with Gasteiger partial charge in [0.25, 0.3) is 0 Å². The van der Waals surface area contributed by atoms with E-state index in [4.69, 9.17) is 0 Å². The second kappa shape index (κ2) is 6.31. The molecule has 0 unspecified atom stereocenters. The van der Waals surface area contributed by atoms with Crippen LogP contribution in [0.5, 0.6) is 0 Å². The van der Waals surface area contributed by atoms with Gasteiger partial charge in [0.05, 0.1) is 0 Å². The fourth-order valence-corrected chi connectivity index (χ4v) is 7.62. The maximum absolute atomic E-state index is 2.44. The molecule has 2 aliphatic carbocycles. The van der Waals surface area contributed by atoms with E-state index in [-0.39, 0.29) is 0 Å². The fraction of sp³-hybridized carbons (Fsp3) is 0.579. The number of unbranched alkanes of at least 4 members (excludes halogenated alkanes) is 1. The first kappa shape index (κ1) is 16.2. The van der Waals surface area contributed by atoms with Crippen molar-refractivity contribution >= 4 is 0 Å². The Kier molecular flexibility index (Phi) is 5.11. The number of rotatable bonds is 5. The molecule has 108 valence electrons. The monoisotopic (exact) mass is 346 g/mol. The van der Waals surface area contributed by atoms with E-state index in [1.165, 1.54) is 25.7 Å². The molecule has 0 saturated heterocycles. The second-order valence-electron chi connectivity index (χ2n) is 6.71. The Morgan fingerprint density at radius 3 is 2.40 bits per heavy atom. The van der Waals surface area contributed by atoms with Crippen LogP contribution in [0.3, 0.4) is 0 Å². The molecular weight excluding hydrogens is 319 g/mol. The third kappa shape index (κ3) is 2.89. The predicted molar refractivity (Wildman–Crippen MR) is 85.2 cm³/mol. The molecule has 2 rings (SSSR count). The summed E-state index contributed by atoms with van der Waals surface area (Å²) in [6.07, 6.45) is 10.0. The first-order valence-electron chi connectivity index (χ1n) is 7.94. The Labute approximate surface area is 136 Å². The molecule has 0 atom stereocenters. The number of hydrogen-bond donors (Lipinski definition) is 0. The van der Waals surface area contributed by atoms with E-state index in [1.54, 1.807) is 22.3 Å². The quantitative estimate of drug-likeness (QED) is 0.561. The summed E-state index contributed by atoms with van der Waals surface area (Å²) in [5, 5.41) is 0. The van der Waals surface area contributed by atoms with Crippen LogP contribution in [0.1, 0.15) is 67.2 Å². The summed E-state index contributed by atoms with van der Waals surface area (Å²) in [4.78, 5) is 0. The van der Waals surface area contributed by atoms with Crippen LogP contribution in [0, 0.1) is 5.41 Å². The Hall–Kier alpha value is -0.157. The Bertz CT molecular complexity index is 524. The number of allylic oxidation sites excluding steroid dienone is 8. The summed E-state index contributed by atoms with van der Waals surface area (Å²) in [5.41, 5.74) is 6.80. The van der Waals surface area contributed by atoms with Gasteiger partial charge in [-0.05, 0) is 0 Å². The molecule has 0 heterocycles. The zero-order chi connectivity index (χ0) is 14.9. The van der Waals surface area contributed by atoms with Crippen LogP contribution in [0.25, 0.3) is 0 Å². The van der Waals surface area contributed by atoms with Crippen LogP contribution in [0.4, 0.5) is 0 Å². The van der Waals surface area contributed by atoms with E-state index >= 15 is 0 Å². The molecule has 0 nitrogen and oxygen atoms in total. The van der Waals surface area contributed by atoms with Crippen molar-refractivity contribution < 1.29 is 23.2 Å². The van der Waals surface area contributed by atoms with Crippen molar-refractivity contribution in [1.29, 1.82) is 0 Å². The van der Waals surface area contributed by atoms with Crippen molar-refractivity contribution in [1.82, 2.24) is 0 Å². The van der Waals surface area contributed by atoms with Gasteiger partial charge in [-0.3, -0.25) is 0 Å². The standard InChI is InChI=1S/C10H15.C9H13.Zr/c1-7-6-10(4,5)9(3)8(7)2;1-2-3-6-9-7-4-5-8-9;/h1-5H3;4,7H,2-3,5-6H2,1H3;. The summed E-state index contributed by atoms with van der Waals surface area (Å²) < 4.78 is 3.66. The zero-order valence-electron chi connectivity index (χ0n) is 14.0. The van der Waals surface area contributed by atoms with E-state index in [0.29, 0.717) is 5.41 Å². The van der Waals surface area contributed by atoms with Crippen molar-refractivity contribution in [3.05, 3.63) is 41.0 Å². The number of hydrogen-bond acceptors (Lipinski definition) is 0. The predicted octanol–water partition coefficient (Wildman–Crippen LogP) is 6.12. The summed E-state index contributed by atoms with van der Waals surface area (Å²) in [5.74, 6) is 0. The summed E-state index contributed by atoms with van der Waals surface area (Å²) in [7, 11) is 0. The molecule has 2 aliphatic rings. The molecule has 0 aromatic rings. The van der Waals surface area contributed by atoms with Gasteiger partial charge in [0.2, 0.25) is 0 Å². The van der Waals surface area contributed by atoms with Gasteiger partial charge >= 0.3 is 137 Å². The Morgan fingerprint density at radius 1 is 1.15 bits per heavy atom. The van der Waals surface area contributed by atoms with Crippen molar-refractivity contribution in [2.24, 2.45) is 5.41 Å². The Balaban J connectivity index is 2.23. The molecule has 0 aromatic heterocycles. The van der Waals surface area contributed by atoms with Crippen molar-refractivity contribution in [3.8, 4) is 0 Å². The normalized spacial score (nSPS) is 21.5. The zero-order valence-corrected chi connectivity index (χ0v) is 16.4. The maximum atomic E-state index is 2.44. The minimum atomic E-state index is -0.596. The van der Waals surface area contributed by atoms with Crippen molar-refractivity contribution in [2.45, 2.75) is 67.2 Å². The van der Waals surface area contributed by atoms with Crippen LogP contribution in [0.2, 0.25) is 0 Å². The van der Waals surface area contributed by atoms with Gasteiger partial charge < -0.3 is 0 Å². The van der Waals surface area contributed by atoms with Gasteiger partial charge in [-0.15, -0.1) is 0 Å². The van der Waals surface area contributed by atoms with Gasteiger partial charge in [-0.2, -0.15) is 0 Å². The SMILES string of the molecule is CCCCC1=[C]([Zr][C]2=C(C)C(C)=C(C)C2(C)C)CC=C1. The van der Waals surface area contributed by atoms with Crippen molar-refractivity contribution in [3.63, 3.8) is 0 Å². The van der Waals surface area contributed by atoms with Crippen LogP contribution in [0.15, 0.2) is 41.0 Å². The first-order chi connectivity index (χ1) is 9.39. The van der Waals surface area contributed by atoms with E-state index < -0.39 is 23.2 Å². The van der Waals surface area contributed by atoms with Crippen molar-refractivity contribution in [2.75, 3.05) is 0 Å². The van der Waals surface area contributed by atoms with E-state index in [1.807, 2.05) is 6.56 Å². The van der Waals surface area contributed by atoms with E-state index in [0.717, 1.165) is 0 Å². The molecule has 0 N–H and O–H groups in total. The topological polar surface area (TPSA) is 0 Å². The fourth-order valence-electron chi connectivity index (χ4n) is 3.28. The second-order valence-corrected chi connectivity index (χ2v) is 10.0. The first-order valence-corrected chi connectivity index (χ1v) is 10.4. The average Bonchev–Trinajstić information content (AvgIpc) is 2.91. The molecule has 20 heavy (non-hydrogen) atoms. The molecular formula is C19H28Zr. The molecule has 1 heteroatoms. The molecule has 0 spiro atoms. The summed E-state index contributed by atoms with van der Waals surface area (Å²) in [6, 6.07) is 0. The van der Waals surface area contributed by atoms with E-state index in [9.17, 15) is 0 Å². The molecule has 0 fully saturated rings. The molecule has 0 saturated carbocycles. The van der Waals surface area contributed by atoms with Gasteiger partial charge in [0, 0.05) is 0 Å². The Morgan fingerprint density at radius 2 is 1.85 bits per heavy atom. The van der Waals surface area contributed by atoms with Gasteiger partial charge in [0.15, 0.2) is 0 Å². The minimum absolute atomic E-state index is 0.325. The van der Waals surface area contributed by atoms with E-state index in [2.05, 4.69) is 53.7 Å². The molecule has 0 aliphatic heterocycles. The molecule has 0 bridgehead atoms. The van der Waals surface area contributed by atoms with Crippen LogP contribution in [-0.2, 0) is 23.2 Å². The average molecular weight is 348 g/mol. The molecule has 0 radical (unpaired) electrons. The third-order valence-electron chi connectivity index (χ3n) is 5.17. The third-order valence-corrected chi connectivity index (χ3v) is 10.3. The summed E-state index contributed by atoms with van der Waals surface area (Å²) in [6.45, 7) is 14.2. The summed E-state index contributed by atoms with van der Waals surface area (Å²) >= 11 is -0.596. The van der Waals surface area contributed by atoms with Crippen LogP contribution in [-0.4, -0.2) is 0 Å². The molecule has 0 amide bonds. The molecule has 0 aromatic carbocycles.